The van der Waals surface area contributed by atoms with Gasteiger partial charge in [-0.2, -0.15) is 5.10 Å². The van der Waals surface area contributed by atoms with Crippen molar-refractivity contribution < 1.29 is 4.79 Å². The lowest BCUT2D eigenvalue weighted by atomic mass is 10.1. The fourth-order valence-corrected chi connectivity index (χ4v) is 2.91. The van der Waals surface area contributed by atoms with Crippen molar-refractivity contribution in [3.05, 3.63) is 76.5 Å². The van der Waals surface area contributed by atoms with E-state index in [4.69, 9.17) is 5.41 Å². The number of nitrogens with one attached hydrogen (secondary N) is 2. The zero-order valence-corrected chi connectivity index (χ0v) is 15.9. The van der Waals surface area contributed by atoms with E-state index in [1.807, 2.05) is 6.92 Å². The number of fused-ring (bicyclic) bond motifs is 1. The number of nitrogens with zero attached hydrogens (tertiary/aromatic N) is 4. The molecule has 8 heteroatoms. The molecule has 3 aromatic rings. The number of Topliss-reactive ketones (excluding diaryl/α,β-unsaturated/α-hetero) is 1. The Labute approximate surface area is 167 Å². The number of carbonyl (C=O) groups is 1. The summed E-state index contributed by atoms with van der Waals surface area (Å²) < 4.78 is 1.51. The highest BCUT2D eigenvalue weighted by Gasteiger charge is 2.16. The summed E-state index contributed by atoms with van der Waals surface area (Å²) in [6.07, 6.45) is 5.89. The number of allylic oxidation sites excluding steroid dienone is 1. The Morgan fingerprint density at radius 1 is 1.38 bits per heavy atom. The third kappa shape index (κ3) is 4.16. The summed E-state index contributed by atoms with van der Waals surface area (Å²) in [6.45, 7) is 5.59. The summed E-state index contributed by atoms with van der Waals surface area (Å²) in [5.41, 5.74) is 4.57. The summed E-state index contributed by atoms with van der Waals surface area (Å²) in [6, 6.07) is 8.55. The maximum absolute atomic E-state index is 13.2. The van der Waals surface area contributed by atoms with E-state index in [0.29, 0.717) is 34.5 Å². The Hall–Kier alpha value is -3.94. The number of aryl methyl sites for hydroxylation is 1. The lowest BCUT2D eigenvalue weighted by Crippen LogP contribution is -2.25. The SMILES string of the molecule is C=CCc1nc2ncccc2c(=O)n1-c1cc(C(=O)CN/N=C\C=N)ccc1C. The van der Waals surface area contributed by atoms with Gasteiger partial charge in [0.1, 0.15) is 5.82 Å². The second kappa shape index (κ2) is 8.83. The van der Waals surface area contributed by atoms with Crippen LogP contribution in [0.2, 0.25) is 0 Å². The Bertz CT molecular complexity index is 1180. The zero-order valence-electron chi connectivity index (χ0n) is 15.9. The van der Waals surface area contributed by atoms with E-state index in [-0.39, 0.29) is 17.9 Å². The van der Waals surface area contributed by atoms with E-state index in [0.717, 1.165) is 11.8 Å². The molecule has 1 aromatic carbocycles. The molecule has 0 spiro atoms. The van der Waals surface area contributed by atoms with Crippen LogP contribution >= 0.6 is 0 Å². The molecule has 0 radical (unpaired) electrons. The molecule has 2 aromatic heterocycles. The first kappa shape index (κ1) is 19.8. The van der Waals surface area contributed by atoms with Gasteiger partial charge in [-0.15, -0.1) is 6.58 Å². The summed E-state index contributed by atoms with van der Waals surface area (Å²) in [4.78, 5) is 34.4. The molecule has 0 aliphatic heterocycles. The second-order valence-corrected chi connectivity index (χ2v) is 6.24. The standard InChI is InChI=1S/C21H20N6O2/c1-3-5-19-26-20-16(6-4-10-23-20)21(29)27(19)17-12-15(8-7-14(17)2)18(28)13-25-24-11-9-22/h3-4,6-12,22,25H,1,5,13H2,2H3/b22-9?,24-11-. The average Bonchev–Trinajstić information content (AvgIpc) is 2.72. The van der Waals surface area contributed by atoms with Crippen LogP contribution in [0.3, 0.4) is 0 Å². The lowest BCUT2D eigenvalue weighted by molar-refractivity contribution is 0.0991. The first-order valence-corrected chi connectivity index (χ1v) is 8.93. The van der Waals surface area contributed by atoms with Gasteiger partial charge < -0.3 is 10.8 Å². The number of benzene rings is 1. The highest BCUT2D eigenvalue weighted by Crippen LogP contribution is 2.18. The molecule has 8 nitrogen and oxygen atoms in total. The fourth-order valence-electron chi connectivity index (χ4n) is 2.91. The maximum Gasteiger partial charge on any atom is 0.267 e. The predicted molar refractivity (Wildman–Crippen MR) is 113 cm³/mol. The molecule has 3 rings (SSSR count). The van der Waals surface area contributed by atoms with Crippen molar-refractivity contribution in [2.45, 2.75) is 13.3 Å². The van der Waals surface area contributed by atoms with Crippen molar-refractivity contribution in [3.63, 3.8) is 0 Å². The van der Waals surface area contributed by atoms with Gasteiger partial charge in [0.15, 0.2) is 11.4 Å². The van der Waals surface area contributed by atoms with Crippen LogP contribution in [0.25, 0.3) is 16.7 Å². The number of hydrogen-bond acceptors (Lipinski definition) is 7. The molecular formula is C21H20N6O2. The Kier molecular flexibility index (Phi) is 6.03. The molecular weight excluding hydrogens is 368 g/mol. The minimum absolute atomic E-state index is 0.0266. The van der Waals surface area contributed by atoms with Crippen molar-refractivity contribution in [1.82, 2.24) is 20.0 Å². The van der Waals surface area contributed by atoms with Crippen LogP contribution in [0.1, 0.15) is 21.7 Å². The summed E-state index contributed by atoms with van der Waals surface area (Å²) in [7, 11) is 0. The van der Waals surface area contributed by atoms with Gasteiger partial charge in [-0.3, -0.25) is 14.2 Å². The van der Waals surface area contributed by atoms with Gasteiger partial charge in [-0.1, -0.05) is 18.2 Å². The number of rotatable bonds is 8. The normalized spacial score (nSPS) is 10.9. The number of pyridine rings is 1. The maximum atomic E-state index is 13.2. The molecule has 0 bridgehead atoms. The van der Waals surface area contributed by atoms with Gasteiger partial charge in [-0.05, 0) is 30.7 Å². The molecule has 146 valence electrons. The molecule has 0 aliphatic rings. The van der Waals surface area contributed by atoms with Crippen LogP contribution in [0, 0.1) is 12.3 Å². The van der Waals surface area contributed by atoms with Crippen LogP contribution in [0.15, 0.2) is 59.1 Å². The van der Waals surface area contributed by atoms with Gasteiger partial charge in [0.2, 0.25) is 0 Å². The number of hydrazone groups is 1. The van der Waals surface area contributed by atoms with Gasteiger partial charge in [-0.25, -0.2) is 9.97 Å². The smallest absolute Gasteiger partial charge is 0.267 e. The highest BCUT2D eigenvalue weighted by molar-refractivity contribution is 6.14. The van der Waals surface area contributed by atoms with Gasteiger partial charge in [0.25, 0.3) is 5.56 Å². The molecule has 29 heavy (non-hydrogen) atoms. The number of carbonyl (C=O) groups excluding carboxylic acids is 1. The van der Waals surface area contributed by atoms with Crippen LogP contribution in [0.5, 0.6) is 0 Å². The Balaban J connectivity index is 2.12. The van der Waals surface area contributed by atoms with Crippen molar-refractivity contribution >= 4 is 29.2 Å². The van der Waals surface area contributed by atoms with Crippen molar-refractivity contribution in [3.8, 4) is 5.69 Å². The third-order valence-electron chi connectivity index (χ3n) is 4.29. The Morgan fingerprint density at radius 3 is 2.97 bits per heavy atom. The monoisotopic (exact) mass is 388 g/mol. The quantitative estimate of drug-likeness (QED) is 0.266. The average molecular weight is 388 g/mol. The van der Waals surface area contributed by atoms with Crippen LogP contribution in [-0.4, -0.2) is 39.3 Å². The van der Waals surface area contributed by atoms with Crippen LogP contribution in [0.4, 0.5) is 0 Å². The van der Waals surface area contributed by atoms with Gasteiger partial charge in [0, 0.05) is 24.4 Å². The van der Waals surface area contributed by atoms with Crippen molar-refractivity contribution in [2.75, 3.05) is 6.54 Å². The first-order valence-electron chi connectivity index (χ1n) is 8.93. The number of ketones is 1. The van der Waals surface area contributed by atoms with Gasteiger partial charge >= 0.3 is 0 Å². The summed E-state index contributed by atoms with van der Waals surface area (Å²) >= 11 is 0. The molecule has 0 saturated heterocycles. The molecule has 2 N–H and O–H groups in total. The Morgan fingerprint density at radius 2 is 2.21 bits per heavy atom. The third-order valence-corrected chi connectivity index (χ3v) is 4.29. The number of aromatic nitrogens is 3. The van der Waals surface area contributed by atoms with E-state index in [9.17, 15) is 9.59 Å². The summed E-state index contributed by atoms with van der Waals surface area (Å²) in [5, 5.41) is 11.0. The first-order chi connectivity index (χ1) is 14.1. The molecule has 0 fully saturated rings. The molecule has 0 amide bonds. The molecule has 0 unspecified atom stereocenters. The molecule has 0 saturated carbocycles. The second-order valence-electron chi connectivity index (χ2n) is 6.24. The lowest BCUT2D eigenvalue weighted by Gasteiger charge is -2.15. The topological polar surface area (TPSA) is 113 Å². The van der Waals surface area contributed by atoms with Gasteiger partial charge in [0.05, 0.1) is 23.8 Å². The molecule has 0 aliphatic carbocycles. The minimum atomic E-state index is -0.249. The van der Waals surface area contributed by atoms with Crippen LogP contribution < -0.4 is 11.0 Å². The predicted octanol–water partition coefficient (Wildman–Crippen LogP) is 2.23. The largest absolute Gasteiger partial charge is 0.307 e. The molecule has 0 atom stereocenters. The van der Waals surface area contributed by atoms with Crippen molar-refractivity contribution in [2.24, 2.45) is 5.10 Å². The van der Waals surface area contributed by atoms with E-state index in [2.05, 4.69) is 27.1 Å². The number of hydrogen-bond donors (Lipinski definition) is 2. The highest BCUT2D eigenvalue weighted by atomic mass is 16.1. The van der Waals surface area contributed by atoms with Crippen molar-refractivity contribution in [1.29, 1.82) is 5.41 Å². The summed E-state index contributed by atoms with van der Waals surface area (Å²) in [5.74, 6) is 0.305. The fraction of sp³-hybridized carbons (Fsp3) is 0.143. The zero-order chi connectivity index (χ0) is 20.8. The van der Waals surface area contributed by atoms with E-state index in [1.165, 1.54) is 10.8 Å². The minimum Gasteiger partial charge on any atom is -0.307 e. The van der Waals surface area contributed by atoms with E-state index in [1.54, 1.807) is 42.6 Å². The molecule has 2 heterocycles. The van der Waals surface area contributed by atoms with E-state index < -0.39 is 0 Å². The van der Waals surface area contributed by atoms with E-state index >= 15 is 0 Å². The van der Waals surface area contributed by atoms with Crippen LogP contribution in [-0.2, 0) is 6.42 Å².